The Morgan fingerprint density at radius 2 is 1.32 bits per heavy atom. The molecule has 15 heteroatoms. The first-order chi connectivity index (χ1) is 12.8. The summed E-state index contributed by atoms with van der Waals surface area (Å²) in [5.41, 5.74) is -0.229. The van der Waals surface area contributed by atoms with E-state index >= 15 is 0 Å². The molecule has 0 heterocycles. The molecule has 2 aromatic rings. The predicted molar refractivity (Wildman–Crippen MR) is 77.8 cm³/mol. The summed E-state index contributed by atoms with van der Waals surface area (Å²) in [5.74, 6) is -13.5. The highest BCUT2D eigenvalue weighted by molar-refractivity contribution is 7.85. The third kappa shape index (κ3) is 5.34. The van der Waals surface area contributed by atoms with Gasteiger partial charge < -0.3 is 9.84 Å². The van der Waals surface area contributed by atoms with E-state index in [1.165, 1.54) is 0 Å². The molecule has 0 aliphatic carbocycles. The van der Waals surface area contributed by atoms with E-state index in [-0.39, 0.29) is 10.6 Å². The molecule has 9 nitrogen and oxygen atoms in total. The third-order valence-corrected chi connectivity index (χ3v) is 3.57. The number of hydrogen-bond donors (Lipinski definition) is 2. The van der Waals surface area contributed by atoms with Crippen molar-refractivity contribution in [1.29, 1.82) is 0 Å². The Labute approximate surface area is 151 Å². The number of benzene rings is 2. The lowest BCUT2D eigenvalue weighted by Crippen LogP contribution is -2.10. The normalized spacial score (nSPS) is 10.6. The van der Waals surface area contributed by atoms with E-state index in [0.29, 0.717) is 0 Å². The van der Waals surface area contributed by atoms with Gasteiger partial charge in [-0.15, -0.1) is 0 Å². The first kappa shape index (κ1) is 22.7. The number of halogens is 5. The van der Waals surface area contributed by atoms with Gasteiger partial charge in [-0.05, 0) is 12.1 Å². The second-order valence-electron chi connectivity index (χ2n) is 4.49. The van der Waals surface area contributed by atoms with Crippen LogP contribution in [0.15, 0.2) is 29.2 Å². The first-order valence-electron chi connectivity index (χ1n) is 6.41. The van der Waals surface area contributed by atoms with Crippen LogP contribution in [0.4, 0.5) is 32.4 Å². The largest absolute Gasteiger partial charge is 0.511 e. The SMILES string of the molecule is O=C(O)Oc1c(F)c(F)c(F)c(F)c1F.O=[N+]([O-])c1ccc(S(=O)(=O)O)cc1. The number of ether oxygens (including phenoxy) is 1. The van der Waals surface area contributed by atoms with Crippen molar-refractivity contribution in [1.82, 2.24) is 0 Å². The van der Waals surface area contributed by atoms with Gasteiger partial charge in [0.25, 0.3) is 15.8 Å². The molecule has 0 bridgehead atoms. The van der Waals surface area contributed by atoms with Gasteiger partial charge >= 0.3 is 6.16 Å². The van der Waals surface area contributed by atoms with Gasteiger partial charge in [-0.25, -0.2) is 18.0 Å². The monoisotopic (exact) mass is 431 g/mol. The van der Waals surface area contributed by atoms with Crippen LogP contribution in [0.3, 0.4) is 0 Å². The molecule has 0 amide bonds. The van der Waals surface area contributed by atoms with Crippen LogP contribution in [0.2, 0.25) is 0 Å². The summed E-state index contributed by atoms with van der Waals surface area (Å²) in [5, 5.41) is 18.1. The highest BCUT2D eigenvalue weighted by atomic mass is 32.2. The Hall–Kier alpha value is -3.33. The highest BCUT2D eigenvalue weighted by Crippen LogP contribution is 2.29. The molecule has 0 saturated heterocycles. The highest BCUT2D eigenvalue weighted by Gasteiger charge is 2.28. The average molecular weight is 431 g/mol. The number of nitro groups is 1. The number of non-ortho nitro benzene ring substituents is 1. The molecule has 0 aromatic heterocycles. The van der Waals surface area contributed by atoms with Gasteiger partial charge in [-0.1, -0.05) is 0 Å². The fraction of sp³-hybridized carbons (Fsp3) is 0. The minimum absolute atomic E-state index is 0.229. The second-order valence-corrected chi connectivity index (χ2v) is 5.91. The van der Waals surface area contributed by atoms with Gasteiger partial charge in [-0.3, -0.25) is 14.7 Å². The lowest BCUT2D eigenvalue weighted by molar-refractivity contribution is -0.384. The molecule has 2 rings (SSSR count). The molecule has 28 heavy (non-hydrogen) atoms. The van der Waals surface area contributed by atoms with Crippen molar-refractivity contribution in [2.75, 3.05) is 0 Å². The van der Waals surface area contributed by atoms with Gasteiger partial charge in [0.15, 0.2) is 0 Å². The fourth-order valence-corrected chi connectivity index (χ4v) is 1.98. The molecule has 152 valence electrons. The molecular formula is C13H6F5NO8S. The van der Waals surface area contributed by atoms with Gasteiger partial charge in [-0.2, -0.15) is 17.2 Å². The van der Waals surface area contributed by atoms with Gasteiger partial charge in [0.1, 0.15) is 0 Å². The Balaban J connectivity index is 0.000000283. The van der Waals surface area contributed by atoms with Crippen molar-refractivity contribution in [3.8, 4) is 5.75 Å². The van der Waals surface area contributed by atoms with Gasteiger partial charge in [0.05, 0.1) is 9.82 Å². The van der Waals surface area contributed by atoms with Crippen LogP contribution >= 0.6 is 0 Å². The van der Waals surface area contributed by atoms with Gasteiger partial charge in [0, 0.05) is 12.1 Å². The van der Waals surface area contributed by atoms with E-state index in [4.69, 9.17) is 9.66 Å². The molecular weight excluding hydrogens is 425 g/mol. The summed E-state index contributed by atoms with van der Waals surface area (Å²) in [6, 6.07) is 3.94. The zero-order valence-electron chi connectivity index (χ0n) is 12.9. The maximum absolute atomic E-state index is 12.7. The summed E-state index contributed by atoms with van der Waals surface area (Å²) in [4.78, 5) is 19.0. The Bertz CT molecular complexity index is 997. The Morgan fingerprint density at radius 3 is 1.64 bits per heavy atom. The molecule has 0 radical (unpaired) electrons. The van der Waals surface area contributed by atoms with E-state index in [1.54, 1.807) is 0 Å². The maximum atomic E-state index is 12.7. The lowest BCUT2D eigenvalue weighted by Gasteiger charge is -2.05. The van der Waals surface area contributed by atoms with E-state index in [0.717, 1.165) is 24.3 Å². The smallest absolute Gasteiger partial charge is 0.449 e. The fourth-order valence-electron chi connectivity index (χ4n) is 1.50. The summed E-state index contributed by atoms with van der Waals surface area (Å²) in [6.07, 6.45) is -2.20. The molecule has 0 aliphatic heterocycles. The quantitative estimate of drug-likeness (QED) is 0.110. The Morgan fingerprint density at radius 1 is 0.929 bits per heavy atom. The van der Waals surface area contributed by atoms with Crippen LogP contribution in [-0.4, -0.2) is 29.2 Å². The van der Waals surface area contributed by atoms with Crippen LogP contribution in [0.25, 0.3) is 0 Å². The van der Waals surface area contributed by atoms with Crippen LogP contribution < -0.4 is 4.74 Å². The number of carboxylic acid groups (broad SMARTS) is 1. The summed E-state index contributed by atoms with van der Waals surface area (Å²) < 4.78 is 95.5. The molecule has 0 atom stereocenters. The predicted octanol–water partition coefficient (Wildman–Crippen LogP) is 3.28. The zero-order chi connectivity index (χ0) is 21.8. The average Bonchev–Trinajstić information content (AvgIpc) is 2.61. The van der Waals surface area contributed by atoms with Crippen LogP contribution in [0.1, 0.15) is 0 Å². The molecule has 0 spiro atoms. The molecule has 2 N–H and O–H groups in total. The van der Waals surface area contributed by atoms with Crippen LogP contribution in [-0.2, 0) is 10.1 Å². The second kappa shape index (κ2) is 8.57. The van der Waals surface area contributed by atoms with E-state index in [9.17, 15) is 45.3 Å². The van der Waals surface area contributed by atoms with Gasteiger partial charge in [0.2, 0.25) is 34.8 Å². The molecule has 0 aliphatic rings. The summed E-state index contributed by atoms with van der Waals surface area (Å²) >= 11 is 0. The summed E-state index contributed by atoms with van der Waals surface area (Å²) in [7, 11) is -4.27. The zero-order valence-corrected chi connectivity index (χ0v) is 13.7. The molecule has 0 fully saturated rings. The first-order valence-corrected chi connectivity index (χ1v) is 7.85. The van der Waals surface area contributed by atoms with Crippen LogP contribution in [0.5, 0.6) is 5.75 Å². The van der Waals surface area contributed by atoms with Crippen molar-refractivity contribution in [3.05, 3.63) is 63.5 Å². The van der Waals surface area contributed by atoms with Crippen molar-refractivity contribution in [2.24, 2.45) is 0 Å². The number of rotatable bonds is 3. The minimum Gasteiger partial charge on any atom is -0.449 e. The number of nitro benzene ring substituents is 1. The molecule has 2 aromatic carbocycles. The standard InChI is InChI=1S/C7HF5O3.C6H5NO5S/c8-1-2(9)4(11)6(15-7(13)14)5(12)3(1)10;8-7(9)5-1-3-6(4-2-5)13(10,11)12/h(H,13,14);1-4H,(H,10,11,12). The lowest BCUT2D eigenvalue weighted by atomic mass is 10.3. The van der Waals surface area contributed by atoms with Crippen molar-refractivity contribution < 1.29 is 54.5 Å². The minimum atomic E-state index is -4.27. The Kier molecular flexibility index (Phi) is 6.95. The molecule has 0 unspecified atom stereocenters. The summed E-state index contributed by atoms with van der Waals surface area (Å²) in [6.45, 7) is 0. The number of carbonyl (C=O) groups is 1. The van der Waals surface area contributed by atoms with Crippen molar-refractivity contribution >= 4 is 22.0 Å². The number of hydrogen-bond acceptors (Lipinski definition) is 6. The van der Waals surface area contributed by atoms with Crippen LogP contribution in [0, 0.1) is 39.2 Å². The van der Waals surface area contributed by atoms with E-state index < -0.39 is 56.0 Å². The maximum Gasteiger partial charge on any atom is 0.511 e. The van der Waals surface area contributed by atoms with E-state index in [2.05, 4.69) is 4.74 Å². The van der Waals surface area contributed by atoms with E-state index in [1.807, 2.05) is 0 Å². The van der Waals surface area contributed by atoms with Crippen molar-refractivity contribution in [2.45, 2.75) is 4.90 Å². The third-order valence-electron chi connectivity index (χ3n) is 2.70. The molecule has 0 saturated carbocycles. The topological polar surface area (TPSA) is 144 Å². The van der Waals surface area contributed by atoms with Crippen molar-refractivity contribution in [3.63, 3.8) is 0 Å². The number of nitrogens with zero attached hydrogens (tertiary/aromatic N) is 1.